The number of aliphatic hydroxyl groups is 3. The number of aliphatic hydroxyl groups excluding tert-OH is 2. The van der Waals surface area contributed by atoms with Crippen molar-refractivity contribution in [2.75, 3.05) is 12.8 Å². The summed E-state index contributed by atoms with van der Waals surface area (Å²) >= 11 is 0. The molecule has 2 aromatic heterocycles. The van der Waals surface area contributed by atoms with Crippen LogP contribution in [0, 0.1) is 0 Å². The molecule has 0 amide bonds. The Bertz CT molecular complexity index is 1060. The lowest BCUT2D eigenvalue weighted by Crippen LogP contribution is -2.44. The molecule has 7 N–H and O–H groups in total. The lowest BCUT2D eigenvalue weighted by atomic mass is 9.88. The molecule has 2 heterocycles. The topological polar surface area (TPSA) is 193 Å². The number of fused-ring (bicyclic) bond motifs is 1. The number of methoxy groups -OCH3 is 1. The van der Waals surface area contributed by atoms with Crippen molar-refractivity contribution in [2.45, 2.75) is 89.2 Å². The molecule has 1 unspecified atom stereocenters. The van der Waals surface area contributed by atoms with Gasteiger partial charge in [-0.05, 0) is 31.7 Å². The predicted molar refractivity (Wildman–Crippen MR) is 127 cm³/mol. The SMILES string of the molecule is CCC(CC)(C[C@@H](OC)[C@@H](O)[C@@H](O)n1ccc2c(=O)[nH]c(N)nc21)OP(=O)(O)C(O)(CC)CC. The molecule has 13 heteroatoms. The number of aromatic nitrogens is 3. The van der Waals surface area contributed by atoms with Gasteiger partial charge in [0.1, 0.15) is 6.10 Å². The van der Waals surface area contributed by atoms with Gasteiger partial charge in [-0.25, -0.2) is 0 Å². The molecular formula is C21H37N4O8P. The van der Waals surface area contributed by atoms with Gasteiger partial charge < -0.3 is 35.3 Å². The molecule has 194 valence electrons. The highest BCUT2D eigenvalue weighted by atomic mass is 31.2. The van der Waals surface area contributed by atoms with Crippen molar-refractivity contribution in [1.82, 2.24) is 14.5 Å². The largest absolute Gasteiger partial charge is 0.386 e. The second-order valence-electron chi connectivity index (χ2n) is 8.49. The van der Waals surface area contributed by atoms with E-state index in [9.17, 15) is 29.6 Å². The number of hydrogen-bond donors (Lipinski definition) is 6. The maximum absolute atomic E-state index is 13.1. The quantitative estimate of drug-likeness (QED) is 0.219. The Morgan fingerprint density at radius 3 is 2.29 bits per heavy atom. The first kappa shape index (κ1) is 28.4. The van der Waals surface area contributed by atoms with Gasteiger partial charge in [-0.1, -0.05) is 27.7 Å². The van der Waals surface area contributed by atoms with E-state index in [-0.39, 0.29) is 49.1 Å². The van der Waals surface area contributed by atoms with Gasteiger partial charge in [0, 0.05) is 19.7 Å². The third kappa shape index (κ3) is 5.38. The van der Waals surface area contributed by atoms with Crippen LogP contribution in [-0.4, -0.2) is 65.0 Å². The number of aromatic amines is 1. The molecule has 2 rings (SSSR count). The van der Waals surface area contributed by atoms with Gasteiger partial charge in [0.25, 0.3) is 5.56 Å². The van der Waals surface area contributed by atoms with Crippen LogP contribution < -0.4 is 11.3 Å². The zero-order valence-electron chi connectivity index (χ0n) is 20.3. The molecule has 12 nitrogen and oxygen atoms in total. The Hall–Kier alpha value is -1.79. The molecule has 0 bridgehead atoms. The Morgan fingerprint density at radius 1 is 1.21 bits per heavy atom. The molecule has 0 aliphatic carbocycles. The molecule has 0 saturated carbocycles. The zero-order valence-corrected chi connectivity index (χ0v) is 21.2. The minimum Gasteiger partial charge on any atom is -0.386 e. The molecule has 0 aliphatic heterocycles. The first-order valence-electron chi connectivity index (χ1n) is 11.3. The summed E-state index contributed by atoms with van der Waals surface area (Å²) in [7, 11) is -3.16. The standard InChI is InChI=1S/C21H37N4O8P/c1-6-20(7-2,33-34(30,31)21(29,8-3)9-4)12-14(32-5)15(26)18(28)25-11-10-13-16(25)23-19(22)24-17(13)27/h10-11,14-15,18,26,28-29H,6-9,12H2,1-5H3,(H,30,31)(H3,22,23,24,27)/t14-,15-,18-/m1/s1. The smallest absolute Gasteiger partial charge is 0.359 e. The van der Waals surface area contributed by atoms with E-state index in [2.05, 4.69) is 9.97 Å². The maximum Gasteiger partial charge on any atom is 0.359 e. The number of nitrogen functional groups attached to an aromatic ring is 1. The first-order chi connectivity index (χ1) is 15.8. The third-order valence-electron chi connectivity index (χ3n) is 6.71. The van der Waals surface area contributed by atoms with E-state index in [1.54, 1.807) is 27.7 Å². The van der Waals surface area contributed by atoms with Crippen LogP contribution in [0.2, 0.25) is 0 Å². The molecule has 34 heavy (non-hydrogen) atoms. The average molecular weight is 505 g/mol. The van der Waals surface area contributed by atoms with Gasteiger partial charge in [-0.3, -0.25) is 18.9 Å². The molecular weight excluding hydrogens is 467 g/mol. The highest BCUT2D eigenvalue weighted by molar-refractivity contribution is 7.54. The normalized spacial score (nSPS) is 17.4. The summed E-state index contributed by atoms with van der Waals surface area (Å²) in [5.41, 5.74) is 3.97. The Balaban J connectivity index is 2.37. The number of hydrogen-bond acceptors (Lipinski definition) is 9. The van der Waals surface area contributed by atoms with Crippen LogP contribution in [0.3, 0.4) is 0 Å². The number of nitrogens with one attached hydrogen (secondary N) is 1. The summed E-state index contributed by atoms with van der Waals surface area (Å²) in [5, 5.41) is 30.8. The molecule has 0 aliphatic rings. The summed E-state index contributed by atoms with van der Waals surface area (Å²) in [6, 6.07) is 1.43. The fourth-order valence-electron chi connectivity index (χ4n) is 4.04. The lowest BCUT2D eigenvalue weighted by Gasteiger charge is -2.41. The zero-order chi connectivity index (χ0) is 25.9. The molecule has 0 aromatic carbocycles. The van der Waals surface area contributed by atoms with Crippen LogP contribution in [0.1, 0.15) is 66.0 Å². The number of ether oxygens (including phenoxy) is 1. The van der Waals surface area contributed by atoms with Gasteiger partial charge in [0.05, 0.1) is 17.1 Å². The van der Waals surface area contributed by atoms with Crippen molar-refractivity contribution >= 4 is 24.6 Å². The first-order valence-corrected chi connectivity index (χ1v) is 12.9. The van der Waals surface area contributed by atoms with Gasteiger partial charge in [-0.15, -0.1) is 0 Å². The van der Waals surface area contributed by atoms with E-state index in [0.29, 0.717) is 0 Å². The summed E-state index contributed by atoms with van der Waals surface area (Å²) in [6.07, 6.45) is -2.22. The summed E-state index contributed by atoms with van der Waals surface area (Å²) in [5.74, 6) is -0.148. The van der Waals surface area contributed by atoms with Crippen molar-refractivity contribution in [1.29, 1.82) is 0 Å². The van der Waals surface area contributed by atoms with Gasteiger partial charge in [-0.2, -0.15) is 4.98 Å². The van der Waals surface area contributed by atoms with Gasteiger partial charge in [0.15, 0.2) is 17.2 Å². The minimum atomic E-state index is -4.49. The fraction of sp³-hybridized carbons (Fsp3) is 0.714. The number of nitrogens with zero attached hydrogens (tertiary/aromatic N) is 2. The van der Waals surface area contributed by atoms with E-state index in [1.807, 2.05) is 0 Å². The molecule has 4 atom stereocenters. The fourth-order valence-corrected chi connectivity index (χ4v) is 5.87. The van der Waals surface area contributed by atoms with Gasteiger partial charge in [0.2, 0.25) is 5.95 Å². The van der Waals surface area contributed by atoms with Crippen LogP contribution in [0.25, 0.3) is 11.0 Å². The number of H-pyrrole nitrogens is 1. The van der Waals surface area contributed by atoms with Crippen molar-refractivity contribution in [2.24, 2.45) is 0 Å². The van der Waals surface area contributed by atoms with Gasteiger partial charge >= 0.3 is 7.60 Å². The average Bonchev–Trinajstić information content (AvgIpc) is 3.24. The lowest BCUT2D eigenvalue weighted by molar-refractivity contribution is -0.126. The van der Waals surface area contributed by atoms with Crippen LogP contribution >= 0.6 is 7.60 Å². The molecule has 0 spiro atoms. The van der Waals surface area contributed by atoms with Crippen LogP contribution in [0.15, 0.2) is 17.1 Å². The highest BCUT2D eigenvalue weighted by Gasteiger charge is 2.50. The highest BCUT2D eigenvalue weighted by Crippen LogP contribution is 2.61. The summed E-state index contributed by atoms with van der Waals surface area (Å²) in [4.78, 5) is 29.1. The van der Waals surface area contributed by atoms with E-state index < -0.39 is 42.5 Å². The third-order valence-corrected chi connectivity index (χ3v) is 9.03. The molecule has 0 radical (unpaired) electrons. The minimum absolute atomic E-state index is 0.0196. The summed E-state index contributed by atoms with van der Waals surface area (Å²) in [6.45, 7) is 6.71. The van der Waals surface area contributed by atoms with Crippen LogP contribution in [0.5, 0.6) is 0 Å². The number of rotatable bonds is 13. The maximum atomic E-state index is 13.1. The van der Waals surface area contributed by atoms with Crippen molar-refractivity contribution in [3.63, 3.8) is 0 Å². The van der Waals surface area contributed by atoms with E-state index in [0.717, 1.165) is 0 Å². The molecule has 2 aromatic rings. The van der Waals surface area contributed by atoms with E-state index in [1.165, 1.54) is 23.9 Å². The monoisotopic (exact) mass is 504 g/mol. The Labute approximate surface area is 198 Å². The molecule has 0 fully saturated rings. The van der Waals surface area contributed by atoms with Crippen molar-refractivity contribution in [3.8, 4) is 0 Å². The van der Waals surface area contributed by atoms with Crippen LogP contribution in [-0.2, 0) is 13.8 Å². The number of anilines is 1. The predicted octanol–water partition coefficient (Wildman–Crippen LogP) is 1.83. The Morgan fingerprint density at radius 2 is 1.79 bits per heavy atom. The van der Waals surface area contributed by atoms with Crippen molar-refractivity contribution < 1.29 is 34.0 Å². The number of nitrogens with two attached hydrogens (primary N) is 1. The summed E-state index contributed by atoms with van der Waals surface area (Å²) < 4.78 is 25.5. The van der Waals surface area contributed by atoms with E-state index >= 15 is 0 Å². The van der Waals surface area contributed by atoms with Crippen molar-refractivity contribution in [3.05, 3.63) is 22.6 Å². The second kappa shape index (κ2) is 10.9. The van der Waals surface area contributed by atoms with Crippen LogP contribution in [0.4, 0.5) is 5.95 Å². The molecule has 0 saturated heterocycles. The second-order valence-corrected chi connectivity index (χ2v) is 10.5. The Kier molecular flexibility index (Phi) is 9.09. The van der Waals surface area contributed by atoms with E-state index in [4.69, 9.17) is 15.0 Å².